The standard InChI is InChI=1S/C9H12ClNO2S/c1-7(11)6-14(12,13)9-5-3-2-4-8(9)10/h2-5,7H,6,11H2,1H3. The summed E-state index contributed by atoms with van der Waals surface area (Å²) in [5, 5.41) is 0.244. The summed E-state index contributed by atoms with van der Waals surface area (Å²) in [5.41, 5.74) is 5.44. The lowest BCUT2D eigenvalue weighted by molar-refractivity contribution is 0.590. The largest absolute Gasteiger partial charge is 0.327 e. The second-order valence-electron chi connectivity index (χ2n) is 3.19. The summed E-state index contributed by atoms with van der Waals surface area (Å²) in [6.07, 6.45) is 0. The van der Waals surface area contributed by atoms with Gasteiger partial charge in [-0.2, -0.15) is 0 Å². The first-order valence-corrected chi connectivity index (χ1v) is 6.19. The van der Waals surface area contributed by atoms with Gasteiger partial charge in [0.05, 0.1) is 15.7 Å². The van der Waals surface area contributed by atoms with Crippen LogP contribution in [-0.4, -0.2) is 20.2 Å². The number of halogens is 1. The average molecular weight is 234 g/mol. The van der Waals surface area contributed by atoms with Crippen molar-refractivity contribution < 1.29 is 8.42 Å². The summed E-state index contributed by atoms with van der Waals surface area (Å²) in [4.78, 5) is 0.152. The van der Waals surface area contributed by atoms with Crippen LogP contribution in [-0.2, 0) is 9.84 Å². The van der Waals surface area contributed by atoms with E-state index >= 15 is 0 Å². The highest BCUT2D eigenvalue weighted by molar-refractivity contribution is 7.91. The smallest absolute Gasteiger partial charge is 0.181 e. The van der Waals surface area contributed by atoms with E-state index in [0.29, 0.717) is 0 Å². The third kappa shape index (κ3) is 2.70. The molecule has 1 aromatic carbocycles. The van der Waals surface area contributed by atoms with Crippen LogP contribution in [0.3, 0.4) is 0 Å². The van der Waals surface area contributed by atoms with Crippen molar-refractivity contribution in [1.82, 2.24) is 0 Å². The highest BCUT2D eigenvalue weighted by atomic mass is 35.5. The number of hydrogen-bond acceptors (Lipinski definition) is 3. The predicted octanol–water partition coefficient (Wildman–Crippen LogP) is 1.46. The third-order valence-electron chi connectivity index (χ3n) is 1.65. The second kappa shape index (κ2) is 4.29. The van der Waals surface area contributed by atoms with Gasteiger partial charge in [0.2, 0.25) is 0 Å². The van der Waals surface area contributed by atoms with Gasteiger partial charge in [-0.15, -0.1) is 0 Å². The van der Waals surface area contributed by atoms with Crippen LogP contribution >= 0.6 is 11.6 Å². The highest BCUT2D eigenvalue weighted by Crippen LogP contribution is 2.21. The van der Waals surface area contributed by atoms with Gasteiger partial charge in [0.1, 0.15) is 0 Å². The first-order valence-electron chi connectivity index (χ1n) is 4.16. The Morgan fingerprint density at radius 1 is 1.43 bits per heavy atom. The molecular weight excluding hydrogens is 222 g/mol. The van der Waals surface area contributed by atoms with Crippen molar-refractivity contribution in [3.8, 4) is 0 Å². The maximum Gasteiger partial charge on any atom is 0.181 e. The highest BCUT2D eigenvalue weighted by Gasteiger charge is 2.18. The van der Waals surface area contributed by atoms with Crippen LogP contribution < -0.4 is 5.73 Å². The van der Waals surface area contributed by atoms with Gasteiger partial charge in [0.25, 0.3) is 0 Å². The molecule has 0 fully saturated rings. The zero-order chi connectivity index (χ0) is 10.8. The summed E-state index contributed by atoms with van der Waals surface area (Å²) >= 11 is 5.77. The second-order valence-corrected chi connectivity index (χ2v) is 5.60. The summed E-state index contributed by atoms with van der Waals surface area (Å²) in [6.45, 7) is 1.65. The van der Waals surface area contributed by atoms with Crippen LogP contribution in [0.1, 0.15) is 6.92 Å². The summed E-state index contributed by atoms with van der Waals surface area (Å²) in [6, 6.07) is 5.97. The molecule has 1 unspecified atom stereocenters. The zero-order valence-electron chi connectivity index (χ0n) is 7.77. The van der Waals surface area contributed by atoms with E-state index in [1.165, 1.54) is 6.07 Å². The Bertz CT molecular complexity index is 415. The Kier molecular flexibility index (Phi) is 3.53. The average Bonchev–Trinajstić information content (AvgIpc) is 2.02. The molecule has 0 radical (unpaired) electrons. The monoisotopic (exact) mass is 233 g/mol. The molecule has 5 heteroatoms. The minimum Gasteiger partial charge on any atom is -0.327 e. The van der Waals surface area contributed by atoms with Crippen molar-refractivity contribution in [1.29, 1.82) is 0 Å². The normalized spacial score (nSPS) is 13.9. The lowest BCUT2D eigenvalue weighted by atomic mass is 10.4. The SMILES string of the molecule is CC(N)CS(=O)(=O)c1ccccc1Cl. The van der Waals surface area contributed by atoms with Crippen LogP contribution in [0.15, 0.2) is 29.2 Å². The Morgan fingerprint density at radius 2 is 2.00 bits per heavy atom. The lowest BCUT2D eigenvalue weighted by Crippen LogP contribution is -2.26. The number of hydrogen-bond donors (Lipinski definition) is 1. The predicted molar refractivity (Wildman–Crippen MR) is 57.2 cm³/mol. The lowest BCUT2D eigenvalue weighted by Gasteiger charge is -2.08. The van der Waals surface area contributed by atoms with Crippen LogP contribution in [0.2, 0.25) is 5.02 Å². The molecule has 0 aliphatic rings. The van der Waals surface area contributed by atoms with Crippen molar-refractivity contribution in [2.24, 2.45) is 5.73 Å². The van der Waals surface area contributed by atoms with Gasteiger partial charge in [-0.05, 0) is 19.1 Å². The Labute approximate surface area is 88.8 Å². The molecule has 1 rings (SSSR count). The zero-order valence-corrected chi connectivity index (χ0v) is 9.35. The quantitative estimate of drug-likeness (QED) is 0.860. The maximum atomic E-state index is 11.7. The fourth-order valence-corrected chi connectivity index (χ4v) is 3.14. The summed E-state index contributed by atoms with van der Waals surface area (Å²) < 4.78 is 23.4. The minimum absolute atomic E-state index is 0.0866. The molecule has 0 amide bonds. The van der Waals surface area contributed by atoms with E-state index in [-0.39, 0.29) is 15.7 Å². The van der Waals surface area contributed by atoms with Crippen LogP contribution in [0.5, 0.6) is 0 Å². The van der Waals surface area contributed by atoms with Crippen molar-refractivity contribution in [2.75, 3.05) is 5.75 Å². The molecule has 0 bridgehead atoms. The molecule has 0 saturated carbocycles. The van der Waals surface area contributed by atoms with E-state index < -0.39 is 15.9 Å². The van der Waals surface area contributed by atoms with Gasteiger partial charge in [-0.1, -0.05) is 23.7 Å². The van der Waals surface area contributed by atoms with Crippen molar-refractivity contribution >= 4 is 21.4 Å². The van der Waals surface area contributed by atoms with E-state index in [2.05, 4.69) is 0 Å². The van der Waals surface area contributed by atoms with E-state index in [4.69, 9.17) is 17.3 Å². The van der Waals surface area contributed by atoms with Crippen molar-refractivity contribution in [3.63, 3.8) is 0 Å². The summed E-state index contributed by atoms with van der Waals surface area (Å²) in [7, 11) is -3.35. The van der Waals surface area contributed by atoms with Gasteiger partial charge in [0.15, 0.2) is 9.84 Å². The molecule has 0 heterocycles. The van der Waals surface area contributed by atoms with Gasteiger partial charge in [0, 0.05) is 6.04 Å². The number of benzene rings is 1. The molecule has 14 heavy (non-hydrogen) atoms. The van der Waals surface area contributed by atoms with E-state index in [1.54, 1.807) is 25.1 Å². The first-order chi connectivity index (χ1) is 6.43. The van der Waals surface area contributed by atoms with E-state index in [0.717, 1.165) is 0 Å². The van der Waals surface area contributed by atoms with Gasteiger partial charge in [-0.3, -0.25) is 0 Å². The fourth-order valence-electron chi connectivity index (χ4n) is 1.13. The minimum atomic E-state index is -3.35. The third-order valence-corrected chi connectivity index (χ3v) is 4.09. The van der Waals surface area contributed by atoms with Gasteiger partial charge >= 0.3 is 0 Å². The van der Waals surface area contributed by atoms with Gasteiger partial charge in [-0.25, -0.2) is 8.42 Å². The molecule has 0 aliphatic heterocycles. The number of sulfone groups is 1. The van der Waals surface area contributed by atoms with E-state index in [1.807, 2.05) is 0 Å². The molecular formula is C9H12ClNO2S. The van der Waals surface area contributed by atoms with E-state index in [9.17, 15) is 8.42 Å². The Morgan fingerprint density at radius 3 is 2.50 bits per heavy atom. The molecule has 2 N–H and O–H groups in total. The molecule has 0 aromatic heterocycles. The van der Waals surface area contributed by atoms with Gasteiger partial charge < -0.3 is 5.73 Å². The molecule has 0 spiro atoms. The molecule has 3 nitrogen and oxygen atoms in total. The first kappa shape index (κ1) is 11.5. The Balaban J connectivity index is 3.11. The molecule has 78 valence electrons. The molecule has 0 aliphatic carbocycles. The van der Waals surface area contributed by atoms with Crippen LogP contribution in [0.25, 0.3) is 0 Å². The molecule has 0 saturated heterocycles. The molecule has 1 aromatic rings. The van der Waals surface area contributed by atoms with Crippen LogP contribution in [0, 0.1) is 0 Å². The molecule has 1 atom stereocenters. The summed E-state index contributed by atoms with van der Waals surface area (Å²) in [5.74, 6) is -0.0866. The topological polar surface area (TPSA) is 60.2 Å². The Hall–Kier alpha value is -0.580. The number of nitrogens with two attached hydrogens (primary N) is 1. The van der Waals surface area contributed by atoms with Crippen molar-refractivity contribution in [2.45, 2.75) is 17.9 Å². The van der Waals surface area contributed by atoms with Crippen LogP contribution in [0.4, 0.5) is 0 Å². The number of rotatable bonds is 3. The fraction of sp³-hybridized carbons (Fsp3) is 0.333. The maximum absolute atomic E-state index is 11.7. The van der Waals surface area contributed by atoms with Crippen molar-refractivity contribution in [3.05, 3.63) is 29.3 Å².